The molecule has 3 aromatic rings. The molecule has 0 fully saturated rings. The lowest BCUT2D eigenvalue weighted by atomic mass is 10.1. The monoisotopic (exact) mass is 267 g/mol. The van der Waals surface area contributed by atoms with Gasteiger partial charge in [-0.1, -0.05) is 30.3 Å². The van der Waals surface area contributed by atoms with Crippen molar-refractivity contribution >= 4 is 11.2 Å². The van der Waals surface area contributed by atoms with Gasteiger partial charge in [-0.25, -0.2) is 4.98 Å². The van der Waals surface area contributed by atoms with Crippen LogP contribution in [0.25, 0.3) is 11.2 Å². The van der Waals surface area contributed by atoms with E-state index in [0.29, 0.717) is 24.5 Å². The third kappa shape index (κ3) is 2.86. The number of pyridine rings is 1. The number of aromatic nitrogens is 2. The van der Waals surface area contributed by atoms with Crippen LogP contribution in [0.2, 0.25) is 0 Å². The van der Waals surface area contributed by atoms with Crippen LogP contribution in [0.1, 0.15) is 17.0 Å². The van der Waals surface area contributed by atoms with Gasteiger partial charge in [-0.05, 0) is 30.0 Å². The Hall–Kier alpha value is -2.20. The third-order valence-electron chi connectivity index (χ3n) is 3.25. The van der Waals surface area contributed by atoms with Crippen LogP contribution >= 0.6 is 0 Å². The Labute approximate surface area is 117 Å². The number of hydrogen-bond donors (Lipinski definition) is 1. The predicted octanol–water partition coefficient (Wildman–Crippen LogP) is 2.51. The molecule has 0 unspecified atom stereocenters. The SMILES string of the molecule is NCCc1nc2ncc(CCc3ccccc3)cc2o1. The van der Waals surface area contributed by atoms with Crippen molar-refractivity contribution in [2.75, 3.05) is 6.54 Å². The van der Waals surface area contributed by atoms with E-state index in [2.05, 4.69) is 34.2 Å². The summed E-state index contributed by atoms with van der Waals surface area (Å²) in [5.74, 6) is 0.662. The maximum atomic E-state index is 5.65. The van der Waals surface area contributed by atoms with Crippen molar-refractivity contribution < 1.29 is 4.42 Å². The van der Waals surface area contributed by atoms with Crippen molar-refractivity contribution in [1.82, 2.24) is 9.97 Å². The first kappa shape index (κ1) is 12.8. The zero-order valence-corrected chi connectivity index (χ0v) is 11.2. The minimum absolute atomic E-state index is 0.535. The normalized spacial score (nSPS) is 11.1. The van der Waals surface area contributed by atoms with Gasteiger partial charge in [-0.15, -0.1) is 0 Å². The van der Waals surface area contributed by atoms with E-state index in [1.54, 1.807) is 0 Å². The number of rotatable bonds is 5. The van der Waals surface area contributed by atoms with Crippen LogP contribution in [0.3, 0.4) is 0 Å². The Bertz CT molecular complexity index is 691. The van der Waals surface area contributed by atoms with Gasteiger partial charge < -0.3 is 10.2 Å². The number of fused-ring (bicyclic) bond motifs is 1. The second kappa shape index (κ2) is 5.84. The van der Waals surface area contributed by atoms with Gasteiger partial charge in [0.25, 0.3) is 0 Å². The molecule has 102 valence electrons. The summed E-state index contributed by atoms with van der Waals surface area (Å²) >= 11 is 0. The lowest BCUT2D eigenvalue weighted by Gasteiger charge is -2.01. The Balaban J connectivity index is 1.75. The molecule has 2 N–H and O–H groups in total. The van der Waals surface area contributed by atoms with E-state index in [1.165, 1.54) is 5.56 Å². The van der Waals surface area contributed by atoms with Crippen LogP contribution in [0.4, 0.5) is 0 Å². The zero-order chi connectivity index (χ0) is 13.8. The zero-order valence-electron chi connectivity index (χ0n) is 11.2. The molecular formula is C16H17N3O. The summed E-state index contributed by atoms with van der Waals surface area (Å²) in [6.07, 6.45) is 4.47. The van der Waals surface area contributed by atoms with Crippen LogP contribution < -0.4 is 5.73 Å². The fourth-order valence-corrected chi connectivity index (χ4v) is 2.21. The molecule has 3 rings (SSSR count). The largest absolute Gasteiger partial charge is 0.439 e. The van der Waals surface area contributed by atoms with Gasteiger partial charge in [0.15, 0.2) is 17.1 Å². The lowest BCUT2D eigenvalue weighted by Crippen LogP contribution is -2.02. The molecule has 1 aromatic carbocycles. The van der Waals surface area contributed by atoms with E-state index in [0.717, 1.165) is 24.0 Å². The highest BCUT2D eigenvalue weighted by atomic mass is 16.3. The quantitative estimate of drug-likeness (QED) is 0.771. The minimum atomic E-state index is 0.535. The molecule has 0 spiro atoms. The van der Waals surface area contributed by atoms with Crippen LogP contribution in [-0.2, 0) is 19.3 Å². The second-order valence-electron chi connectivity index (χ2n) is 4.80. The minimum Gasteiger partial charge on any atom is -0.439 e. The molecule has 0 saturated heterocycles. The van der Waals surface area contributed by atoms with E-state index in [-0.39, 0.29) is 0 Å². The maximum absolute atomic E-state index is 5.65. The molecule has 4 heteroatoms. The Morgan fingerprint density at radius 1 is 1.00 bits per heavy atom. The fraction of sp³-hybridized carbons (Fsp3) is 0.250. The first-order valence-electron chi connectivity index (χ1n) is 6.83. The highest BCUT2D eigenvalue weighted by molar-refractivity contribution is 5.68. The summed E-state index contributed by atoms with van der Waals surface area (Å²) < 4.78 is 5.65. The number of hydrogen-bond acceptors (Lipinski definition) is 4. The van der Waals surface area contributed by atoms with Crippen molar-refractivity contribution in [3.63, 3.8) is 0 Å². The maximum Gasteiger partial charge on any atom is 0.198 e. The summed E-state index contributed by atoms with van der Waals surface area (Å²) in [6.45, 7) is 0.535. The second-order valence-corrected chi connectivity index (χ2v) is 4.80. The van der Waals surface area contributed by atoms with Gasteiger partial charge in [0, 0.05) is 19.2 Å². The smallest absolute Gasteiger partial charge is 0.198 e. The molecular weight excluding hydrogens is 250 g/mol. The molecule has 0 bridgehead atoms. The predicted molar refractivity (Wildman–Crippen MR) is 78.4 cm³/mol. The van der Waals surface area contributed by atoms with Crippen LogP contribution in [0.5, 0.6) is 0 Å². The number of nitrogens with two attached hydrogens (primary N) is 1. The van der Waals surface area contributed by atoms with Crippen molar-refractivity contribution in [3.05, 3.63) is 59.6 Å². The molecule has 0 aliphatic rings. The summed E-state index contributed by atoms with van der Waals surface area (Å²) in [5.41, 5.74) is 9.41. The third-order valence-corrected chi connectivity index (χ3v) is 3.25. The molecule has 0 radical (unpaired) electrons. The van der Waals surface area contributed by atoms with E-state index in [9.17, 15) is 0 Å². The van der Waals surface area contributed by atoms with Gasteiger partial charge in [0.05, 0.1) is 0 Å². The van der Waals surface area contributed by atoms with Crippen LogP contribution in [0, 0.1) is 0 Å². The Morgan fingerprint density at radius 3 is 2.60 bits per heavy atom. The van der Waals surface area contributed by atoms with Gasteiger partial charge in [0.2, 0.25) is 0 Å². The van der Waals surface area contributed by atoms with E-state index in [1.807, 2.05) is 18.3 Å². The average molecular weight is 267 g/mol. The lowest BCUT2D eigenvalue weighted by molar-refractivity contribution is 0.531. The van der Waals surface area contributed by atoms with Gasteiger partial charge in [-0.2, -0.15) is 4.98 Å². The summed E-state index contributed by atoms with van der Waals surface area (Å²) in [7, 11) is 0. The standard InChI is InChI=1S/C16H17N3O/c17-9-8-15-19-16-14(20-15)10-13(11-18-16)7-6-12-4-2-1-3-5-12/h1-5,10-11H,6-9,17H2. The van der Waals surface area contributed by atoms with Gasteiger partial charge in [0.1, 0.15) is 0 Å². The summed E-state index contributed by atoms with van der Waals surface area (Å²) in [4.78, 5) is 8.65. The van der Waals surface area contributed by atoms with Crippen molar-refractivity contribution in [1.29, 1.82) is 0 Å². The topological polar surface area (TPSA) is 64.9 Å². The van der Waals surface area contributed by atoms with E-state index in [4.69, 9.17) is 10.2 Å². The van der Waals surface area contributed by atoms with Crippen molar-refractivity contribution in [2.24, 2.45) is 5.73 Å². The van der Waals surface area contributed by atoms with Crippen molar-refractivity contribution in [2.45, 2.75) is 19.3 Å². The average Bonchev–Trinajstić information content (AvgIpc) is 2.88. The molecule has 2 aromatic heterocycles. The van der Waals surface area contributed by atoms with Gasteiger partial charge >= 0.3 is 0 Å². The first-order valence-corrected chi connectivity index (χ1v) is 6.83. The molecule has 2 heterocycles. The Kier molecular flexibility index (Phi) is 3.74. The summed E-state index contributed by atoms with van der Waals surface area (Å²) in [6, 6.07) is 12.5. The fourth-order valence-electron chi connectivity index (χ4n) is 2.21. The highest BCUT2D eigenvalue weighted by Crippen LogP contribution is 2.16. The number of aryl methyl sites for hydroxylation is 2. The first-order chi connectivity index (χ1) is 9.85. The summed E-state index contributed by atoms with van der Waals surface area (Å²) in [5, 5.41) is 0. The van der Waals surface area contributed by atoms with Crippen molar-refractivity contribution in [3.8, 4) is 0 Å². The molecule has 20 heavy (non-hydrogen) atoms. The van der Waals surface area contributed by atoms with Crippen LogP contribution in [-0.4, -0.2) is 16.5 Å². The van der Waals surface area contributed by atoms with Gasteiger partial charge in [-0.3, -0.25) is 0 Å². The molecule has 0 aliphatic heterocycles. The molecule has 0 saturated carbocycles. The highest BCUT2D eigenvalue weighted by Gasteiger charge is 2.07. The molecule has 0 atom stereocenters. The molecule has 0 amide bonds. The number of nitrogens with zero attached hydrogens (tertiary/aromatic N) is 2. The number of oxazole rings is 1. The van der Waals surface area contributed by atoms with E-state index >= 15 is 0 Å². The van der Waals surface area contributed by atoms with E-state index < -0.39 is 0 Å². The molecule has 4 nitrogen and oxygen atoms in total. The number of benzene rings is 1. The van der Waals surface area contributed by atoms with Crippen LogP contribution in [0.15, 0.2) is 47.0 Å². The Morgan fingerprint density at radius 2 is 1.80 bits per heavy atom. The molecule has 0 aliphatic carbocycles.